The first-order chi connectivity index (χ1) is 14.0. The maximum Gasteiger partial charge on any atom is 0.241 e. The number of fused-ring (bicyclic) bond motifs is 3. The number of hydrogen-bond donors (Lipinski definition) is 1. The molecule has 29 heavy (non-hydrogen) atoms. The fourth-order valence-electron chi connectivity index (χ4n) is 4.57. The molecule has 4 heteroatoms. The van der Waals surface area contributed by atoms with E-state index in [0.29, 0.717) is 6.54 Å². The molecular formula is C25H30N2O2. The molecule has 1 amide bonds. The van der Waals surface area contributed by atoms with Crippen molar-refractivity contribution in [3.05, 3.63) is 65.7 Å². The van der Waals surface area contributed by atoms with Crippen molar-refractivity contribution in [3.63, 3.8) is 0 Å². The zero-order valence-electron chi connectivity index (χ0n) is 17.6. The van der Waals surface area contributed by atoms with Crippen molar-refractivity contribution in [1.82, 2.24) is 5.32 Å². The van der Waals surface area contributed by atoms with Crippen LogP contribution in [0.3, 0.4) is 0 Å². The van der Waals surface area contributed by atoms with Crippen LogP contribution in [0.5, 0.6) is 5.75 Å². The Hall–Kier alpha value is -2.75. The average Bonchev–Trinajstić information content (AvgIpc) is 3.15. The molecule has 4 rings (SSSR count). The first kappa shape index (κ1) is 19.6. The molecule has 0 radical (unpaired) electrons. The first-order valence-electron chi connectivity index (χ1n) is 10.6. The van der Waals surface area contributed by atoms with Crippen molar-refractivity contribution in [1.29, 1.82) is 0 Å². The van der Waals surface area contributed by atoms with Crippen LogP contribution in [0.4, 0.5) is 5.69 Å². The third-order valence-corrected chi connectivity index (χ3v) is 6.29. The maximum absolute atomic E-state index is 12.4. The van der Waals surface area contributed by atoms with Gasteiger partial charge in [-0.1, -0.05) is 70.0 Å². The Morgan fingerprint density at radius 3 is 2.62 bits per heavy atom. The van der Waals surface area contributed by atoms with Gasteiger partial charge in [-0.05, 0) is 41.8 Å². The van der Waals surface area contributed by atoms with Crippen molar-refractivity contribution in [2.24, 2.45) is 0 Å². The molecule has 1 fully saturated rings. The molecule has 2 aromatic rings. The molecule has 0 bridgehead atoms. The predicted octanol–water partition coefficient (Wildman–Crippen LogP) is 4.89. The lowest BCUT2D eigenvalue weighted by Gasteiger charge is -2.40. The molecule has 0 aliphatic carbocycles. The fraction of sp³-hybridized carbons (Fsp3) is 0.400. The monoisotopic (exact) mass is 390 g/mol. The highest BCUT2D eigenvalue weighted by Crippen LogP contribution is 2.52. The van der Waals surface area contributed by atoms with Crippen LogP contribution < -0.4 is 15.0 Å². The first-order valence-corrected chi connectivity index (χ1v) is 10.6. The van der Waals surface area contributed by atoms with Crippen molar-refractivity contribution in [2.45, 2.75) is 51.1 Å². The molecule has 2 aromatic carbocycles. The highest BCUT2D eigenvalue weighted by molar-refractivity contribution is 5.91. The molecule has 2 aliphatic rings. The van der Waals surface area contributed by atoms with Gasteiger partial charge in [0.15, 0.2) is 0 Å². The number of carbonyl (C=O) groups excluding carboxylic acids is 1. The molecule has 0 saturated carbocycles. The SMILES string of the molecule is CCCCCOc1ccc(C=CC23NC(=O)CN2c2ccccc2C3(C)C)cc1. The maximum atomic E-state index is 12.4. The van der Waals surface area contributed by atoms with E-state index >= 15 is 0 Å². The number of benzene rings is 2. The third-order valence-electron chi connectivity index (χ3n) is 6.29. The summed E-state index contributed by atoms with van der Waals surface area (Å²) in [5, 5.41) is 3.26. The fourth-order valence-corrected chi connectivity index (χ4v) is 4.57. The second-order valence-corrected chi connectivity index (χ2v) is 8.50. The largest absolute Gasteiger partial charge is 0.494 e. The highest BCUT2D eigenvalue weighted by atomic mass is 16.5. The Morgan fingerprint density at radius 1 is 1.10 bits per heavy atom. The number of unbranched alkanes of at least 4 members (excludes halogenated alkanes) is 2. The minimum atomic E-state index is -0.552. The molecular weight excluding hydrogens is 360 g/mol. The third kappa shape index (κ3) is 3.31. The Kier molecular flexibility index (Phi) is 5.12. The van der Waals surface area contributed by atoms with E-state index in [4.69, 9.17) is 4.74 Å². The molecule has 0 spiro atoms. The zero-order chi connectivity index (χ0) is 20.5. The van der Waals surface area contributed by atoms with E-state index in [9.17, 15) is 4.79 Å². The Balaban J connectivity index is 1.56. The second kappa shape index (κ2) is 7.58. The van der Waals surface area contributed by atoms with Gasteiger partial charge in [-0.15, -0.1) is 0 Å². The Bertz CT molecular complexity index is 917. The van der Waals surface area contributed by atoms with Gasteiger partial charge in [0.2, 0.25) is 5.91 Å². The molecule has 1 atom stereocenters. The van der Waals surface area contributed by atoms with Crippen LogP contribution in [0.25, 0.3) is 6.08 Å². The minimum absolute atomic E-state index is 0.0630. The number of nitrogens with zero attached hydrogens (tertiary/aromatic N) is 1. The smallest absolute Gasteiger partial charge is 0.241 e. The van der Waals surface area contributed by atoms with Crippen molar-refractivity contribution >= 4 is 17.7 Å². The topological polar surface area (TPSA) is 41.6 Å². The zero-order valence-corrected chi connectivity index (χ0v) is 17.6. The van der Waals surface area contributed by atoms with E-state index in [0.717, 1.165) is 30.0 Å². The van der Waals surface area contributed by atoms with Crippen LogP contribution in [0.2, 0.25) is 0 Å². The summed E-state index contributed by atoms with van der Waals surface area (Å²) in [5.41, 5.74) is 2.70. The van der Waals surface area contributed by atoms with E-state index in [1.165, 1.54) is 18.4 Å². The lowest BCUT2D eigenvalue weighted by molar-refractivity contribution is -0.118. The van der Waals surface area contributed by atoms with Crippen LogP contribution in [-0.4, -0.2) is 24.7 Å². The summed E-state index contributed by atoms with van der Waals surface area (Å²) in [7, 11) is 0. The van der Waals surface area contributed by atoms with Crippen LogP contribution in [0.1, 0.15) is 51.2 Å². The summed E-state index contributed by atoms with van der Waals surface area (Å²) in [6, 6.07) is 16.6. The number of amides is 1. The van der Waals surface area contributed by atoms with Crippen LogP contribution in [0.15, 0.2) is 54.6 Å². The lowest BCUT2D eigenvalue weighted by Crippen LogP contribution is -2.58. The van der Waals surface area contributed by atoms with Gasteiger partial charge in [-0.25, -0.2) is 0 Å². The molecule has 2 heterocycles. The van der Waals surface area contributed by atoms with E-state index < -0.39 is 5.66 Å². The summed E-state index contributed by atoms with van der Waals surface area (Å²) in [6.45, 7) is 7.75. The van der Waals surface area contributed by atoms with Gasteiger partial charge in [0.05, 0.1) is 13.2 Å². The standard InChI is InChI=1S/C25H30N2O2/c1-4-5-8-17-29-20-13-11-19(12-14-20)15-16-25-24(2,3)21-9-6-7-10-22(21)27(25)18-23(28)26-25/h6-7,9-16H,4-5,8,17-18H2,1-3H3,(H,26,28). The Morgan fingerprint density at radius 2 is 1.86 bits per heavy atom. The quantitative estimate of drug-likeness (QED) is 0.684. The van der Waals surface area contributed by atoms with Gasteiger partial charge in [-0.2, -0.15) is 0 Å². The van der Waals surface area contributed by atoms with Gasteiger partial charge >= 0.3 is 0 Å². The number of nitrogens with one attached hydrogen (secondary N) is 1. The van der Waals surface area contributed by atoms with Crippen LogP contribution in [-0.2, 0) is 10.2 Å². The molecule has 152 valence electrons. The second-order valence-electron chi connectivity index (χ2n) is 8.50. The molecule has 1 saturated heterocycles. The summed E-state index contributed by atoms with van der Waals surface area (Å²) >= 11 is 0. The predicted molar refractivity (Wildman–Crippen MR) is 118 cm³/mol. The lowest BCUT2D eigenvalue weighted by atomic mass is 9.75. The molecule has 1 unspecified atom stereocenters. The highest BCUT2D eigenvalue weighted by Gasteiger charge is 2.59. The van der Waals surface area contributed by atoms with Crippen molar-refractivity contribution < 1.29 is 9.53 Å². The summed E-state index contributed by atoms with van der Waals surface area (Å²) < 4.78 is 5.81. The average molecular weight is 391 g/mol. The van der Waals surface area contributed by atoms with Crippen LogP contribution >= 0.6 is 0 Å². The van der Waals surface area contributed by atoms with E-state index in [1.54, 1.807) is 0 Å². The van der Waals surface area contributed by atoms with E-state index in [1.807, 2.05) is 18.2 Å². The van der Waals surface area contributed by atoms with Gasteiger partial charge in [0, 0.05) is 11.1 Å². The number of ether oxygens (including phenoxy) is 1. The number of hydrogen-bond acceptors (Lipinski definition) is 3. The van der Waals surface area contributed by atoms with Crippen molar-refractivity contribution in [3.8, 4) is 5.75 Å². The van der Waals surface area contributed by atoms with E-state index in [2.05, 4.69) is 73.5 Å². The van der Waals surface area contributed by atoms with E-state index in [-0.39, 0.29) is 11.3 Å². The number of anilines is 1. The summed E-state index contributed by atoms with van der Waals surface area (Å²) in [5.74, 6) is 0.967. The molecule has 2 aliphatic heterocycles. The molecule has 1 N–H and O–H groups in total. The number of carbonyl (C=O) groups is 1. The normalized spacial score (nSPS) is 21.9. The number of rotatable bonds is 7. The summed E-state index contributed by atoms with van der Waals surface area (Å²) in [6.07, 6.45) is 7.74. The molecule has 4 nitrogen and oxygen atoms in total. The van der Waals surface area contributed by atoms with Crippen LogP contribution in [0, 0.1) is 0 Å². The number of para-hydroxylation sites is 1. The Labute approximate surface area is 173 Å². The summed E-state index contributed by atoms with van der Waals surface area (Å²) in [4.78, 5) is 14.6. The molecule has 0 aromatic heterocycles. The van der Waals surface area contributed by atoms with Gasteiger partial charge in [0.25, 0.3) is 0 Å². The van der Waals surface area contributed by atoms with Gasteiger partial charge < -0.3 is 15.0 Å². The van der Waals surface area contributed by atoms with Crippen molar-refractivity contribution in [2.75, 3.05) is 18.1 Å². The van der Waals surface area contributed by atoms with Gasteiger partial charge in [-0.3, -0.25) is 4.79 Å². The minimum Gasteiger partial charge on any atom is -0.494 e. The van der Waals surface area contributed by atoms with Gasteiger partial charge in [0.1, 0.15) is 11.4 Å².